The number of allylic oxidation sites excluding steroid dienone is 3. The van der Waals surface area contributed by atoms with Gasteiger partial charge in [-0.1, -0.05) is 54.6 Å². The van der Waals surface area contributed by atoms with Gasteiger partial charge in [0.25, 0.3) is 0 Å². The Morgan fingerprint density at radius 1 is 0.941 bits per heavy atom. The molecule has 1 unspecified atom stereocenters. The van der Waals surface area contributed by atoms with Crippen molar-refractivity contribution in [2.45, 2.75) is 18.1 Å². The fourth-order valence-electron chi connectivity index (χ4n) is 4.70. The van der Waals surface area contributed by atoms with Gasteiger partial charge in [0.15, 0.2) is 5.65 Å². The summed E-state index contributed by atoms with van der Waals surface area (Å²) in [6.07, 6.45) is 11.3. The van der Waals surface area contributed by atoms with Gasteiger partial charge in [0, 0.05) is 35.1 Å². The predicted molar refractivity (Wildman–Crippen MR) is 138 cm³/mol. The molecule has 0 radical (unpaired) electrons. The Labute approximate surface area is 198 Å². The molecule has 0 amide bonds. The third-order valence-corrected chi connectivity index (χ3v) is 8.93. The van der Waals surface area contributed by atoms with Gasteiger partial charge in [0.1, 0.15) is 4.75 Å². The van der Waals surface area contributed by atoms with Gasteiger partial charge in [-0.2, -0.15) is 0 Å². The van der Waals surface area contributed by atoms with E-state index in [2.05, 4.69) is 16.0 Å². The first-order valence-corrected chi connectivity index (χ1v) is 12.6. The summed E-state index contributed by atoms with van der Waals surface area (Å²) >= 11 is 0. The van der Waals surface area contributed by atoms with Crippen LogP contribution < -0.4 is 0 Å². The molecule has 0 fully saturated rings. The van der Waals surface area contributed by atoms with Crippen molar-refractivity contribution in [3.8, 4) is 11.1 Å². The lowest BCUT2D eigenvalue weighted by atomic mass is 9.90. The number of aromatic amines is 1. The van der Waals surface area contributed by atoms with E-state index in [1.165, 1.54) is 3.97 Å². The molecular formula is C28H23N3O2S. The van der Waals surface area contributed by atoms with Crippen molar-refractivity contribution in [2.75, 3.05) is 0 Å². The Balaban J connectivity index is 1.37. The van der Waals surface area contributed by atoms with Gasteiger partial charge in [-0.3, -0.25) is 0 Å². The first-order chi connectivity index (χ1) is 16.4. The van der Waals surface area contributed by atoms with Gasteiger partial charge < -0.3 is 4.98 Å². The fraction of sp³-hybridized carbons (Fsp3) is 0.107. The highest BCUT2D eigenvalue weighted by Crippen LogP contribution is 2.38. The lowest BCUT2D eigenvalue weighted by molar-refractivity contribution is 0.556. The lowest BCUT2D eigenvalue weighted by Gasteiger charge is -2.30. The van der Waals surface area contributed by atoms with Crippen molar-refractivity contribution in [1.82, 2.24) is 13.9 Å². The molecular weight excluding hydrogens is 442 g/mol. The summed E-state index contributed by atoms with van der Waals surface area (Å²) in [5.41, 5.74) is 5.53. The molecule has 0 saturated carbocycles. The molecule has 1 aliphatic carbocycles. The van der Waals surface area contributed by atoms with Crippen LogP contribution in [-0.2, 0) is 10.0 Å². The molecule has 3 aromatic heterocycles. The highest BCUT2D eigenvalue weighted by atomic mass is 32.2. The van der Waals surface area contributed by atoms with E-state index in [0.717, 1.165) is 38.6 Å². The van der Waals surface area contributed by atoms with E-state index in [1.807, 2.05) is 79.0 Å². The van der Waals surface area contributed by atoms with Crippen LogP contribution in [0.15, 0.2) is 104 Å². The van der Waals surface area contributed by atoms with Gasteiger partial charge in [0.2, 0.25) is 10.0 Å². The van der Waals surface area contributed by atoms with Crippen LogP contribution >= 0.6 is 0 Å². The fourth-order valence-corrected chi connectivity index (χ4v) is 6.34. The van der Waals surface area contributed by atoms with Crippen LogP contribution in [0.3, 0.4) is 0 Å². The normalized spacial score (nSPS) is 18.4. The minimum atomic E-state index is -3.77. The maximum atomic E-state index is 13.9. The minimum Gasteiger partial charge on any atom is -0.361 e. The molecule has 1 atom stereocenters. The van der Waals surface area contributed by atoms with Gasteiger partial charge in [-0.15, -0.1) is 0 Å². The molecule has 3 heterocycles. The maximum Gasteiger partial charge on any atom is 0.249 e. The van der Waals surface area contributed by atoms with Crippen LogP contribution in [0, 0.1) is 0 Å². The van der Waals surface area contributed by atoms with E-state index in [1.54, 1.807) is 25.4 Å². The number of rotatable bonds is 4. The number of pyridine rings is 1. The summed E-state index contributed by atoms with van der Waals surface area (Å²) in [5, 5.41) is 1.90. The number of nitrogens with zero attached hydrogens (tertiary/aromatic N) is 2. The van der Waals surface area contributed by atoms with Gasteiger partial charge in [-0.05, 0) is 65.8 Å². The van der Waals surface area contributed by atoms with Gasteiger partial charge in [0.05, 0.1) is 0 Å². The smallest absolute Gasteiger partial charge is 0.249 e. The summed E-state index contributed by atoms with van der Waals surface area (Å²) in [6.45, 7) is 1.78. The van der Waals surface area contributed by atoms with E-state index >= 15 is 0 Å². The van der Waals surface area contributed by atoms with Crippen molar-refractivity contribution in [2.24, 2.45) is 0 Å². The highest BCUT2D eigenvalue weighted by molar-refractivity contribution is 7.91. The third-order valence-electron chi connectivity index (χ3n) is 6.66. The van der Waals surface area contributed by atoms with Crippen molar-refractivity contribution >= 4 is 37.5 Å². The quantitative estimate of drug-likeness (QED) is 0.345. The summed E-state index contributed by atoms with van der Waals surface area (Å²) in [5.74, 6) is 0. The Morgan fingerprint density at radius 2 is 1.76 bits per heavy atom. The van der Waals surface area contributed by atoms with Crippen LogP contribution in [0.5, 0.6) is 0 Å². The second-order valence-corrected chi connectivity index (χ2v) is 11.2. The first-order valence-electron chi connectivity index (χ1n) is 11.2. The average Bonchev–Trinajstić information content (AvgIpc) is 3.51. The summed E-state index contributed by atoms with van der Waals surface area (Å²) in [6, 6.07) is 21.9. The number of nitrogens with one attached hydrogen (secondary N) is 1. The first kappa shape index (κ1) is 20.7. The van der Waals surface area contributed by atoms with Crippen molar-refractivity contribution < 1.29 is 8.42 Å². The molecule has 1 N–H and O–H groups in total. The van der Waals surface area contributed by atoms with E-state index in [9.17, 15) is 8.42 Å². The van der Waals surface area contributed by atoms with E-state index < -0.39 is 14.8 Å². The number of fused-ring (bicyclic) bond motifs is 2. The number of hydrogen-bond donors (Lipinski definition) is 1. The minimum absolute atomic E-state index is 0.379. The molecule has 0 spiro atoms. The Bertz CT molecular complexity index is 1710. The Hall–Kier alpha value is -3.90. The molecule has 168 valence electrons. The standard InChI is InChI=1S/C28H23N3O2S/c1-28(13-5-8-24(18-28)21-9-10-26-22(16-21)11-14-29-26)34(32,33)31-15-12-23-17-25(19-30-27(23)31)20-6-3-2-4-7-20/h2-17,19,29H,18H2,1H3. The molecule has 0 aliphatic heterocycles. The number of aromatic nitrogens is 3. The monoisotopic (exact) mass is 465 g/mol. The van der Waals surface area contributed by atoms with Crippen molar-refractivity contribution in [3.05, 3.63) is 109 Å². The molecule has 6 heteroatoms. The highest BCUT2D eigenvalue weighted by Gasteiger charge is 2.41. The van der Waals surface area contributed by atoms with Gasteiger partial charge >= 0.3 is 0 Å². The van der Waals surface area contributed by atoms with Crippen molar-refractivity contribution in [1.29, 1.82) is 0 Å². The second kappa shape index (κ2) is 7.57. The van der Waals surface area contributed by atoms with E-state index in [-0.39, 0.29) is 0 Å². The molecule has 1 aliphatic rings. The second-order valence-electron chi connectivity index (χ2n) is 8.94. The largest absolute Gasteiger partial charge is 0.361 e. The average molecular weight is 466 g/mol. The van der Waals surface area contributed by atoms with Gasteiger partial charge in [-0.25, -0.2) is 17.4 Å². The van der Waals surface area contributed by atoms with Crippen LogP contribution in [0.25, 0.3) is 38.6 Å². The number of hydrogen-bond acceptors (Lipinski definition) is 3. The molecule has 0 bridgehead atoms. The zero-order valence-electron chi connectivity index (χ0n) is 18.6. The van der Waals surface area contributed by atoms with E-state index in [4.69, 9.17) is 0 Å². The van der Waals surface area contributed by atoms with E-state index in [0.29, 0.717) is 12.1 Å². The van der Waals surface area contributed by atoms with Crippen LogP contribution in [0.2, 0.25) is 0 Å². The molecule has 2 aromatic carbocycles. The zero-order chi connectivity index (χ0) is 23.3. The molecule has 0 saturated heterocycles. The Kier molecular flexibility index (Phi) is 4.61. The summed E-state index contributed by atoms with van der Waals surface area (Å²) in [7, 11) is -3.77. The summed E-state index contributed by atoms with van der Waals surface area (Å²) in [4.78, 5) is 7.76. The van der Waals surface area contributed by atoms with Crippen LogP contribution in [0.4, 0.5) is 0 Å². The van der Waals surface area contributed by atoms with Crippen LogP contribution in [0.1, 0.15) is 18.9 Å². The molecule has 5 nitrogen and oxygen atoms in total. The molecule has 6 rings (SSSR count). The topological polar surface area (TPSA) is 67.8 Å². The number of H-pyrrole nitrogens is 1. The lowest BCUT2D eigenvalue weighted by Crippen LogP contribution is -2.38. The predicted octanol–water partition coefficient (Wildman–Crippen LogP) is 6.16. The SMILES string of the molecule is CC1(S(=O)(=O)n2ccc3cc(-c4ccccc4)cnc32)C=CC=C(c2ccc3[nH]ccc3c2)C1. The number of benzene rings is 2. The third kappa shape index (κ3) is 3.22. The molecule has 34 heavy (non-hydrogen) atoms. The molecule has 5 aromatic rings. The van der Waals surface area contributed by atoms with Crippen LogP contribution in [-0.4, -0.2) is 27.1 Å². The zero-order valence-corrected chi connectivity index (χ0v) is 19.5. The van der Waals surface area contributed by atoms with Crippen molar-refractivity contribution in [3.63, 3.8) is 0 Å². The Morgan fingerprint density at radius 3 is 2.62 bits per heavy atom. The maximum absolute atomic E-state index is 13.9. The summed E-state index contributed by atoms with van der Waals surface area (Å²) < 4.78 is 28.1.